The third-order valence-corrected chi connectivity index (χ3v) is 9.15. The van der Waals surface area contributed by atoms with Gasteiger partial charge < -0.3 is 19.9 Å². The number of ether oxygens (including phenoxy) is 1. The molecule has 3 aliphatic heterocycles. The molecule has 0 aromatic carbocycles. The zero-order valence-corrected chi connectivity index (χ0v) is 25.0. The fraction of sp³-hybridized carbons (Fsp3) is 0.533. The number of nitrogens with one attached hydrogen (secondary N) is 1. The number of amides is 1. The van der Waals surface area contributed by atoms with Crippen LogP contribution in [0.3, 0.4) is 0 Å². The summed E-state index contributed by atoms with van der Waals surface area (Å²) >= 11 is 0. The van der Waals surface area contributed by atoms with Crippen molar-refractivity contribution in [1.82, 2.24) is 44.0 Å². The second kappa shape index (κ2) is 11.9. The number of aromatic nitrogens is 7. The zero-order valence-electron chi connectivity index (χ0n) is 25.0. The van der Waals surface area contributed by atoms with Crippen LogP contribution < -0.4 is 10.2 Å². The van der Waals surface area contributed by atoms with Gasteiger partial charge in [0.25, 0.3) is 0 Å². The van der Waals surface area contributed by atoms with E-state index in [0.717, 1.165) is 75.6 Å². The molecule has 0 spiro atoms. The molecule has 3 aliphatic rings. The van der Waals surface area contributed by atoms with E-state index in [1.807, 2.05) is 40.3 Å². The Morgan fingerprint density at radius 1 is 1.14 bits per heavy atom. The molecule has 1 N–H and O–H groups in total. The van der Waals surface area contributed by atoms with Crippen LogP contribution >= 0.6 is 0 Å². The van der Waals surface area contributed by atoms with E-state index >= 15 is 0 Å². The predicted octanol–water partition coefficient (Wildman–Crippen LogP) is 1.88. The Bertz CT molecular complexity index is 1650. The quantitative estimate of drug-likeness (QED) is 0.304. The molecule has 0 radical (unpaired) electrons. The summed E-state index contributed by atoms with van der Waals surface area (Å²) in [5.74, 6) is 0.515. The van der Waals surface area contributed by atoms with Crippen LogP contribution in [0.15, 0.2) is 43.1 Å². The van der Waals surface area contributed by atoms with Crippen molar-refractivity contribution in [3.05, 3.63) is 48.7 Å². The van der Waals surface area contributed by atoms with Crippen LogP contribution in [0.1, 0.15) is 31.7 Å². The lowest BCUT2D eigenvalue weighted by atomic mass is 9.86. The summed E-state index contributed by atoms with van der Waals surface area (Å²) in [5, 5.41) is 26.4. The largest absolute Gasteiger partial charge is 0.381 e. The highest BCUT2D eigenvalue weighted by molar-refractivity contribution is 5.76. The molecule has 0 atom stereocenters. The molecule has 4 aromatic heterocycles. The molecule has 14 heteroatoms. The number of rotatable bonds is 9. The van der Waals surface area contributed by atoms with Gasteiger partial charge in [-0.05, 0) is 37.0 Å². The lowest BCUT2D eigenvalue weighted by Crippen LogP contribution is -2.63. The van der Waals surface area contributed by atoms with Crippen molar-refractivity contribution < 1.29 is 9.53 Å². The average Bonchev–Trinajstić information content (AvgIpc) is 3.79. The molecule has 7 rings (SSSR count). The maximum Gasteiger partial charge on any atom is 0.247 e. The smallest absolute Gasteiger partial charge is 0.247 e. The molecule has 0 bridgehead atoms. The zero-order chi connectivity index (χ0) is 30.1. The number of carbonyl (C=O) groups is 1. The topological polar surface area (TPSA) is 138 Å². The SMILES string of the molecule is CCc1cnn(C2(CC#N)CN(c3cccn4nc(Nc5cnn(CC(=O)N6CCN(C7CCOCC7)CC6)c5)nc34)C2)c1. The molecule has 3 saturated heterocycles. The van der Waals surface area contributed by atoms with E-state index in [1.54, 1.807) is 15.4 Å². The lowest BCUT2D eigenvalue weighted by molar-refractivity contribution is -0.134. The molecule has 0 saturated carbocycles. The van der Waals surface area contributed by atoms with Gasteiger partial charge in [-0.3, -0.25) is 19.1 Å². The number of hydrogen-bond acceptors (Lipinski definition) is 10. The first kappa shape index (κ1) is 28.3. The first-order valence-electron chi connectivity index (χ1n) is 15.4. The molecule has 230 valence electrons. The number of anilines is 3. The average molecular weight is 599 g/mol. The molecule has 0 aliphatic carbocycles. The Kier molecular flexibility index (Phi) is 7.65. The molecular formula is C30H38N12O2. The first-order valence-corrected chi connectivity index (χ1v) is 15.4. The minimum absolute atomic E-state index is 0.0739. The molecule has 4 aromatic rings. The molecule has 0 unspecified atom stereocenters. The number of fused-ring (bicyclic) bond motifs is 1. The fourth-order valence-electron chi connectivity index (χ4n) is 6.58. The summed E-state index contributed by atoms with van der Waals surface area (Å²) in [6, 6.07) is 6.90. The number of nitriles is 1. The van der Waals surface area contributed by atoms with Gasteiger partial charge in [-0.2, -0.15) is 20.4 Å². The van der Waals surface area contributed by atoms with Crippen molar-refractivity contribution in [3.8, 4) is 6.07 Å². The Hall–Kier alpha value is -4.48. The van der Waals surface area contributed by atoms with E-state index in [0.29, 0.717) is 37.2 Å². The van der Waals surface area contributed by atoms with Gasteiger partial charge in [0.2, 0.25) is 11.9 Å². The number of piperazine rings is 1. The number of hydrogen-bond donors (Lipinski definition) is 1. The van der Waals surface area contributed by atoms with Crippen LogP contribution in [-0.4, -0.2) is 108 Å². The van der Waals surface area contributed by atoms with Crippen molar-refractivity contribution >= 4 is 28.9 Å². The van der Waals surface area contributed by atoms with Gasteiger partial charge in [-0.1, -0.05) is 6.92 Å². The van der Waals surface area contributed by atoms with Crippen molar-refractivity contribution in [3.63, 3.8) is 0 Å². The third-order valence-electron chi connectivity index (χ3n) is 9.15. The van der Waals surface area contributed by atoms with E-state index in [2.05, 4.69) is 49.6 Å². The molecule has 1 amide bonds. The van der Waals surface area contributed by atoms with Crippen molar-refractivity contribution in [2.75, 3.05) is 62.7 Å². The van der Waals surface area contributed by atoms with Gasteiger partial charge in [0.1, 0.15) is 12.1 Å². The van der Waals surface area contributed by atoms with Crippen molar-refractivity contribution in [1.29, 1.82) is 5.26 Å². The maximum atomic E-state index is 13.0. The molecular weight excluding hydrogens is 560 g/mol. The summed E-state index contributed by atoms with van der Waals surface area (Å²) in [6.45, 7) is 8.58. The predicted molar refractivity (Wildman–Crippen MR) is 163 cm³/mol. The van der Waals surface area contributed by atoms with Crippen LogP contribution in [0, 0.1) is 11.3 Å². The molecule has 14 nitrogen and oxygen atoms in total. The van der Waals surface area contributed by atoms with E-state index in [9.17, 15) is 10.1 Å². The Morgan fingerprint density at radius 2 is 1.95 bits per heavy atom. The number of carbonyl (C=O) groups excluding carboxylic acids is 1. The van der Waals surface area contributed by atoms with E-state index in [-0.39, 0.29) is 18.0 Å². The Morgan fingerprint density at radius 3 is 2.70 bits per heavy atom. The first-order chi connectivity index (χ1) is 21.5. The van der Waals surface area contributed by atoms with Crippen LogP contribution in [-0.2, 0) is 28.0 Å². The summed E-state index contributed by atoms with van der Waals surface area (Å²) in [5.41, 5.74) is 3.18. The maximum absolute atomic E-state index is 13.0. The summed E-state index contributed by atoms with van der Waals surface area (Å²) in [6.07, 6.45) is 12.7. The van der Waals surface area contributed by atoms with Crippen LogP contribution in [0.5, 0.6) is 0 Å². The number of pyridine rings is 1. The number of nitrogens with zero attached hydrogens (tertiary/aromatic N) is 11. The molecule has 7 heterocycles. The highest BCUT2D eigenvalue weighted by atomic mass is 16.5. The van der Waals surface area contributed by atoms with E-state index in [1.165, 1.54) is 0 Å². The number of aryl methyl sites for hydroxylation is 1. The normalized spacial score (nSPS) is 19.2. The van der Waals surface area contributed by atoms with Gasteiger partial charge >= 0.3 is 0 Å². The van der Waals surface area contributed by atoms with E-state index < -0.39 is 0 Å². The van der Waals surface area contributed by atoms with Gasteiger partial charge in [0.05, 0.1) is 36.3 Å². The third kappa shape index (κ3) is 5.48. The Labute approximate surface area is 255 Å². The van der Waals surface area contributed by atoms with Gasteiger partial charge in [-0.15, -0.1) is 5.10 Å². The minimum atomic E-state index is -0.361. The van der Waals surface area contributed by atoms with Gasteiger partial charge in [-0.25, -0.2) is 4.52 Å². The standard InChI is InChI=1S/C30H38N12O2/c1-2-23-16-33-42(18-23)30(7-8-31)21-39(22-30)26-4-3-9-41-28(26)35-29(36-41)34-24-17-32-40(19-24)20-27(43)38-12-10-37(11-13-38)25-5-14-44-15-6-25/h3-4,9,16-19,25H,2,5-7,10-15,20-22H2,1H3,(H,34,36). The monoisotopic (exact) mass is 598 g/mol. The second-order valence-corrected chi connectivity index (χ2v) is 12.0. The van der Waals surface area contributed by atoms with Crippen LogP contribution in [0.2, 0.25) is 0 Å². The second-order valence-electron chi connectivity index (χ2n) is 12.0. The van der Waals surface area contributed by atoms with E-state index in [4.69, 9.17) is 9.72 Å². The summed E-state index contributed by atoms with van der Waals surface area (Å²) < 4.78 is 10.9. The summed E-state index contributed by atoms with van der Waals surface area (Å²) in [7, 11) is 0. The van der Waals surface area contributed by atoms with Gasteiger partial charge in [0, 0.05) is 77.1 Å². The van der Waals surface area contributed by atoms with Gasteiger partial charge in [0.15, 0.2) is 5.65 Å². The van der Waals surface area contributed by atoms with Crippen LogP contribution in [0.4, 0.5) is 17.3 Å². The fourth-order valence-corrected chi connectivity index (χ4v) is 6.58. The van der Waals surface area contributed by atoms with Crippen molar-refractivity contribution in [2.45, 2.75) is 50.7 Å². The highest BCUT2D eigenvalue weighted by Gasteiger charge is 2.46. The van der Waals surface area contributed by atoms with Crippen LogP contribution in [0.25, 0.3) is 5.65 Å². The molecule has 44 heavy (non-hydrogen) atoms. The molecule has 3 fully saturated rings. The van der Waals surface area contributed by atoms with Crippen molar-refractivity contribution in [2.24, 2.45) is 0 Å². The Balaban J connectivity index is 0.973. The highest BCUT2D eigenvalue weighted by Crippen LogP contribution is 2.37. The minimum Gasteiger partial charge on any atom is -0.381 e. The lowest BCUT2D eigenvalue weighted by Gasteiger charge is -2.50. The summed E-state index contributed by atoms with van der Waals surface area (Å²) in [4.78, 5) is 24.4.